The summed E-state index contributed by atoms with van der Waals surface area (Å²) in [4.78, 5) is 21.7. The Kier molecular flexibility index (Phi) is 7.50. The summed E-state index contributed by atoms with van der Waals surface area (Å²) in [7, 11) is 0. The summed E-state index contributed by atoms with van der Waals surface area (Å²) in [6, 6.07) is 8.39. The maximum Gasteiger partial charge on any atom is 0.254 e. The van der Waals surface area contributed by atoms with Crippen LogP contribution in [-0.4, -0.2) is 51.6 Å². The average molecular weight is 342 g/mol. The van der Waals surface area contributed by atoms with Crippen molar-refractivity contribution < 1.29 is 9.90 Å². The number of nitrogens with one attached hydrogen (secondary N) is 1. The van der Waals surface area contributed by atoms with Crippen molar-refractivity contribution >= 4 is 5.91 Å². The van der Waals surface area contributed by atoms with Crippen LogP contribution in [0.25, 0.3) is 0 Å². The van der Waals surface area contributed by atoms with Crippen molar-refractivity contribution in [1.82, 2.24) is 20.2 Å². The second kappa shape index (κ2) is 9.86. The van der Waals surface area contributed by atoms with E-state index < -0.39 is 6.10 Å². The summed E-state index contributed by atoms with van der Waals surface area (Å²) in [6.45, 7) is 6.52. The first-order valence-corrected chi connectivity index (χ1v) is 8.73. The number of hydrogen-bond donors (Lipinski definition) is 2. The topological polar surface area (TPSA) is 78.4 Å². The van der Waals surface area contributed by atoms with Crippen molar-refractivity contribution in [2.75, 3.05) is 19.6 Å². The van der Waals surface area contributed by atoms with Crippen LogP contribution in [0.4, 0.5) is 0 Å². The van der Waals surface area contributed by atoms with Gasteiger partial charge < -0.3 is 10.4 Å². The molecule has 0 fully saturated rings. The lowest BCUT2D eigenvalue weighted by molar-refractivity contribution is 0.0841. The zero-order valence-corrected chi connectivity index (χ0v) is 14.9. The molecule has 3 rings (SSSR count). The van der Waals surface area contributed by atoms with Crippen LogP contribution in [0.1, 0.15) is 35.3 Å². The lowest BCUT2D eigenvalue weighted by Gasteiger charge is -2.30. The molecule has 25 heavy (non-hydrogen) atoms. The molecule has 6 nitrogen and oxygen atoms in total. The van der Waals surface area contributed by atoms with Gasteiger partial charge in [-0.3, -0.25) is 9.69 Å². The molecule has 0 spiro atoms. The Morgan fingerprint density at radius 3 is 2.64 bits per heavy atom. The van der Waals surface area contributed by atoms with Gasteiger partial charge in [0.15, 0.2) is 0 Å². The Morgan fingerprint density at radius 1 is 1.24 bits per heavy atom. The van der Waals surface area contributed by atoms with Crippen LogP contribution >= 0.6 is 0 Å². The van der Waals surface area contributed by atoms with Gasteiger partial charge >= 0.3 is 0 Å². The molecule has 1 atom stereocenters. The van der Waals surface area contributed by atoms with Crippen molar-refractivity contribution in [3.05, 3.63) is 59.7 Å². The second-order valence-corrected chi connectivity index (χ2v) is 5.74. The third-order valence-corrected chi connectivity index (χ3v) is 4.00. The standard InChI is InChI=1S/C17H20N4O2.C2H6/c22-16(9-20-17(23)15-7-18-12-19-8-15)11-21-6-5-13-3-1-2-4-14(13)10-21;1-2/h1-4,7-8,12,16,22H,5-6,9-11H2,(H,20,23);1-2H3/t16-;/m0./s1. The van der Waals surface area contributed by atoms with E-state index in [4.69, 9.17) is 0 Å². The number of carbonyl (C=O) groups excluding carboxylic acids is 1. The van der Waals surface area contributed by atoms with Crippen LogP contribution in [0.5, 0.6) is 0 Å². The molecule has 6 heteroatoms. The van der Waals surface area contributed by atoms with E-state index in [1.54, 1.807) is 0 Å². The van der Waals surface area contributed by atoms with E-state index in [2.05, 4.69) is 38.4 Å². The maximum absolute atomic E-state index is 11.9. The van der Waals surface area contributed by atoms with Gasteiger partial charge in [0.05, 0.1) is 11.7 Å². The van der Waals surface area contributed by atoms with Crippen LogP contribution in [-0.2, 0) is 13.0 Å². The number of benzene rings is 1. The van der Waals surface area contributed by atoms with Crippen LogP contribution < -0.4 is 5.32 Å². The number of rotatable bonds is 5. The molecule has 0 saturated heterocycles. The highest BCUT2D eigenvalue weighted by molar-refractivity contribution is 5.93. The summed E-state index contributed by atoms with van der Waals surface area (Å²) in [5.74, 6) is -0.270. The first-order valence-electron chi connectivity index (χ1n) is 8.73. The Morgan fingerprint density at radius 2 is 1.92 bits per heavy atom. The normalized spacial score (nSPS) is 14.7. The third-order valence-electron chi connectivity index (χ3n) is 4.00. The van der Waals surface area contributed by atoms with Crippen LogP contribution in [0, 0.1) is 0 Å². The van der Waals surface area contributed by atoms with E-state index in [1.807, 2.05) is 19.9 Å². The SMILES string of the molecule is CC.O=C(NC[C@H](O)CN1CCc2ccccc2C1)c1cncnc1. The molecule has 0 aliphatic carbocycles. The number of aliphatic hydroxyl groups is 1. The molecule has 0 bridgehead atoms. The van der Waals surface area contributed by atoms with Crippen molar-refractivity contribution in [3.8, 4) is 0 Å². The van der Waals surface area contributed by atoms with Gasteiger partial charge in [-0.05, 0) is 17.5 Å². The first kappa shape index (κ1) is 19.0. The summed E-state index contributed by atoms with van der Waals surface area (Å²) in [6.07, 6.45) is 4.68. The zero-order chi connectivity index (χ0) is 18.1. The van der Waals surface area contributed by atoms with Crippen LogP contribution in [0.15, 0.2) is 43.0 Å². The minimum absolute atomic E-state index is 0.214. The lowest BCUT2D eigenvalue weighted by atomic mass is 10.00. The average Bonchev–Trinajstić information content (AvgIpc) is 2.68. The minimum atomic E-state index is -0.603. The van der Waals surface area contributed by atoms with Crippen molar-refractivity contribution in [2.24, 2.45) is 0 Å². The number of hydrogen-bond acceptors (Lipinski definition) is 5. The summed E-state index contributed by atoms with van der Waals surface area (Å²) < 4.78 is 0. The molecule has 0 unspecified atom stereocenters. The van der Waals surface area contributed by atoms with E-state index in [0.717, 1.165) is 19.5 Å². The molecular formula is C19H26N4O2. The number of amides is 1. The van der Waals surface area contributed by atoms with Gasteiger partial charge in [0, 0.05) is 38.6 Å². The molecule has 1 aliphatic heterocycles. The molecule has 1 aromatic carbocycles. The number of carbonyl (C=O) groups is 1. The molecule has 1 aliphatic rings. The summed E-state index contributed by atoms with van der Waals surface area (Å²) >= 11 is 0. The number of aliphatic hydroxyl groups excluding tert-OH is 1. The highest BCUT2D eigenvalue weighted by Crippen LogP contribution is 2.18. The molecule has 1 aromatic heterocycles. The quantitative estimate of drug-likeness (QED) is 0.864. The summed E-state index contributed by atoms with van der Waals surface area (Å²) in [5.41, 5.74) is 3.10. The Balaban J connectivity index is 0.00000109. The van der Waals surface area contributed by atoms with E-state index in [9.17, 15) is 9.90 Å². The fraction of sp³-hybridized carbons (Fsp3) is 0.421. The second-order valence-electron chi connectivity index (χ2n) is 5.74. The predicted octanol–water partition coefficient (Wildman–Crippen LogP) is 1.65. The van der Waals surface area contributed by atoms with Gasteiger partial charge in [-0.1, -0.05) is 38.1 Å². The molecule has 0 saturated carbocycles. The van der Waals surface area contributed by atoms with E-state index in [1.165, 1.54) is 29.8 Å². The van der Waals surface area contributed by atoms with Gasteiger partial charge in [-0.25, -0.2) is 9.97 Å². The molecular weight excluding hydrogens is 316 g/mol. The van der Waals surface area contributed by atoms with E-state index in [-0.39, 0.29) is 12.5 Å². The highest BCUT2D eigenvalue weighted by atomic mass is 16.3. The predicted molar refractivity (Wildman–Crippen MR) is 97.1 cm³/mol. The first-order chi connectivity index (χ1) is 12.2. The van der Waals surface area contributed by atoms with Crippen molar-refractivity contribution in [3.63, 3.8) is 0 Å². The van der Waals surface area contributed by atoms with Crippen molar-refractivity contribution in [2.45, 2.75) is 32.9 Å². The largest absolute Gasteiger partial charge is 0.390 e. The van der Waals surface area contributed by atoms with Gasteiger partial charge in [-0.2, -0.15) is 0 Å². The van der Waals surface area contributed by atoms with Gasteiger partial charge in [0.25, 0.3) is 5.91 Å². The number of β-amino-alcohol motifs (C(OH)–C–C–N with tert-alkyl or cyclic N) is 1. The molecule has 2 aromatic rings. The van der Waals surface area contributed by atoms with Gasteiger partial charge in [0.2, 0.25) is 0 Å². The zero-order valence-electron chi connectivity index (χ0n) is 14.9. The highest BCUT2D eigenvalue weighted by Gasteiger charge is 2.18. The summed E-state index contributed by atoms with van der Waals surface area (Å²) in [5, 5.41) is 12.9. The number of aromatic nitrogens is 2. The monoisotopic (exact) mass is 342 g/mol. The number of fused-ring (bicyclic) bond motifs is 1. The third kappa shape index (κ3) is 5.62. The van der Waals surface area contributed by atoms with Gasteiger partial charge in [0.1, 0.15) is 6.33 Å². The lowest BCUT2D eigenvalue weighted by Crippen LogP contribution is -2.42. The Bertz CT molecular complexity index is 663. The van der Waals surface area contributed by atoms with Gasteiger partial charge in [-0.15, -0.1) is 0 Å². The van der Waals surface area contributed by atoms with E-state index >= 15 is 0 Å². The number of nitrogens with zero attached hydrogens (tertiary/aromatic N) is 3. The molecule has 0 radical (unpaired) electrons. The Hall–Kier alpha value is -2.31. The molecule has 1 amide bonds. The molecule has 2 heterocycles. The Labute approximate surface area is 148 Å². The smallest absolute Gasteiger partial charge is 0.254 e. The minimum Gasteiger partial charge on any atom is -0.390 e. The van der Waals surface area contributed by atoms with E-state index in [0.29, 0.717) is 12.1 Å². The van der Waals surface area contributed by atoms with Crippen molar-refractivity contribution in [1.29, 1.82) is 0 Å². The van der Waals surface area contributed by atoms with Crippen LogP contribution in [0.3, 0.4) is 0 Å². The fourth-order valence-corrected chi connectivity index (χ4v) is 2.80. The maximum atomic E-state index is 11.9. The molecule has 134 valence electrons. The molecule has 2 N–H and O–H groups in total. The van der Waals surface area contributed by atoms with Crippen LogP contribution in [0.2, 0.25) is 0 Å². The fourth-order valence-electron chi connectivity index (χ4n) is 2.80.